The lowest BCUT2D eigenvalue weighted by Gasteiger charge is -2.28. The summed E-state index contributed by atoms with van der Waals surface area (Å²) >= 11 is 1.27. The summed E-state index contributed by atoms with van der Waals surface area (Å²) in [6, 6.07) is 4.69. The highest BCUT2D eigenvalue weighted by Gasteiger charge is 2.44. The normalized spacial score (nSPS) is 15.9. The van der Waals surface area contributed by atoms with E-state index in [-0.39, 0.29) is 11.4 Å². The number of carbonyl (C=O) groups excluding carboxylic acids is 2. The largest absolute Gasteiger partial charge is 0.503 e. The van der Waals surface area contributed by atoms with Crippen molar-refractivity contribution in [2.45, 2.75) is 54.0 Å². The molecule has 8 nitrogen and oxygen atoms in total. The molecule has 37 heavy (non-hydrogen) atoms. The van der Waals surface area contributed by atoms with Crippen molar-refractivity contribution >= 4 is 23.0 Å². The van der Waals surface area contributed by atoms with Crippen LogP contribution in [-0.2, 0) is 4.79 Å². The van der Waals surface area contributed by atoms with Crippen molar-refractivity contribution < 1.29 is 24.2 Å². The summed E-state index contributed by atoms with van der Waals surface area (Å²) in [6.07, 6.45) is 0.712. The highest BCUT2D eigenvalue weighted by atomic mass is 32.1. The molecule has 1 unspecified atom stereocenters. The molecule has 1 N–H and O–H groups in total. The molecule has 1 aromatic carbocycles. The third-order valence-electron chi connectivity index (χ3n) is 6.50. The maximum Gasteiger partial charge on any atom is 0.290 e. The van der Waals surface area contributed by atoms with Gasteiger partial charge < -0.3 is 24.4 Å². The number of nitrogens with zero attached hydrogens (tertiary/aromatic N) is 3. The van der Waals surface area contributed by atoms with Crippen LogP contribution in [-0.4, -0.2) is 71.5 Å². The van der Waals surface area contributed by atoms with Crippen molar-refractivity contribution in [3.8, 4) is 11.5 Å². The Balaban J connectivity index is 2.03. The number of carbonyl (C=O) groups is 2. The Bertz CT molecular complexity index is 1150. The zero-order valence-corrected chi connectivity index (χ0v) is 23.8. The first-order valence-electron chi connectivity index (χ1n) is 12.9. The van der Waals surface area contributed by atoms with Crippen LogP contribution in [0.3, 0.4) is 0 Å². The number of thiazole rings is 1. The summed E-state index contributed by atoms with van der Waals surface area (Å²) in [5.74, 6) is 0.0370. The van der Waals surface area contributed by atoms with Crippen LogP contribution in [0.4, 0.5) is 0 Å². The number of aliphatic hydroxyl groups excluding tert-OH is 1. The first-order chi connectivity index (χ1) is 17.6. The molecule has 3 rings (SSSR count). The molecular formula is C28H39N3O5S. The predicted octanol–water partition coefficient (Wildman–Crippen LogP) is 5.11. The van der Waals surface area contributed by atoms with Gasteiger partial charge in [0, 0.05) is 6.54 Å². The van der Waals surface area contributed by atoms with E-state index in [4.69, 9.17) is 9.47 Å². The van der Waals surface area contributed by atoms with Gasteiger partial charge in [0.1, 0.15) is 0 Å². The fourth-order valence-corrected chi connectivity index (χ4v) is 5.44. The third kappa shape index (κ3) is 6.33. The van der Waals surface area contributed by atoms with Gasteiger partial charge in [0.05, 0.1) is 40.9 Å². The summed E-state index contributed by atoms with van der Waals surface area (Å²) < 4.78 is 11.5. The predicted molar refractivity (Wildman–Crippen MR) is 146 cm³/mol. The first kappa shape index (κ1) is 28.7. The highest BCUT2D eigenvalue weighted by Crippen LogP contribution is 2.42. The molecule has 1 amide bonds. The van der Waals surface area contributed by atoms with Crippen LogP contribution in [0, 0.1) is 19.8 Å². The third-order valence-corrected chi connectivity index (χ3v) is 7.57. The number of Topliss-reactive ketones (excluding diaryl/α,β-unsaturated/α-hetero) is 1. The molecule has 0 saturated carbocycles. The molecule has 1 aliphatic rings. The number of methoxy groups -OCH3 is 1. The van der Waals surface area contributed by atoms with Gasteiger partial charge in [-0.15, -0.1) is 11.3 Å². The monoisotopic (exact) mass is 529 g/mol. The van der Waals surface area contributed by atoms with E-state index in [0.29, 0.717) is 53.1 Å². The Kier molecular flexibility index (Phi) is 9.73. The van der Waals surface area contributed by atoms with Gasteiger partial charge in [-0.05, 0) is 63.5 Å². The molecule has 2 aromatic rings. The number of ether oxygens (including phenoxy) is 2. The van der Waals surface area contributed by atoms with E-state index >= 15 is 0 Å². The van der Waals surface area contributed by atoms with Crippen LogP contribution in [0.15, 0.2) is 29.5 Å². The molecule has 202 valence electrons. The number of aromatic nitrogens is 1. The number of rotatable bonds is 13. The van der Waals surface area contributed by atoms with E-state index in [9.17, 15) is 14.7 Å². The van der Waals surface area contributed by atoms with Crippen molar-refractivity contribution in [1.29, 1.82) is 0 Å². The molecule has 9 heteroatoms. The number of hydrogen-bond donors (Lipinski definition) is 1. The van der Waals surface area contributed by atoms with Crippen LogP contribution in [0.2, 0.25) is 0 Å². The van der Waals surface area contributed by atoms with E-state index < -0.39 is 17.7 Å². The van der Waals surface area contributed by atoms with Crippen molar-refractivity contribution in [2.24, 2.45) is 5.92 Å². The Labute approximate surface area is 223 Å². The summed E-state index contributed by atoms with van der Waals surface area (Å²) in [7, 11) is 1.56. The molecule has 0 fully saturated rings. The lowest BCUT2D eigenvalue weighted by Crippen LogP contribution is -2.34. The Morgan fingerprint density at radius 2 is 1.92 bits per heavy atom. The molecular weight excluding hydrogens is 490 g/mol. The molecule has 1 aromatic heterocycles. The minimum Gasteiger partial charge on any atom is -0.503 e. The molecule has 0 spiro atoms. The lowest BCUT2D eigenvalue weighted by atomic mass is 9.94. The highest BCUT2D eigenvalue weighted by molar-refractivity contribution is 7.14. The Morgan fingerprint density at radius 1 is 1.22 bits per heavy atom. The number of ketones is 1. The molecule has 0 radical (unpaired) electrons. The number of aryl methyl sites for hydroxylation is 2. The molecule has 0 bridgehead atoms. The zero-order chi connectivity index (χ0) is 27.3. The second kappa shape index (κ2) is 12.6. The SMILES string of the molecule is CCN(CC)CCCN1C(=O)C(O)=C(C(=O)c2sc(C)nc2C)C1c1ccc(OCC(C)C)c(OC)c1. The zero-order valence-electron chi connectivity index (χ0n) is 23.0. The van der Waals surface area contributed by atoms with Crippen LogP contribution in [0.1, 0.15) is 66.1 Å². The van der Waals surface area contributed by atoms with Gasteiger partial charge in [-0.25, -0.2) is 4.98 Å². The summed E-state index contributed by atoms with van der Waals surface area (Å²) in [5.41, 5.74) is 1.35. The van der Waals surface area contributed by atoms with Crippen LogP contribution in [0.25, 0.3) is 0 Å². The second-order valence-corrected chi connectivity index (χ2v) is 10.8. The standard InChI is InChI=1S/C28H39N3O5S/c1-8-30(9-2)13-10-14-31-24(20-11-12-21(22(15-20)35-7)36-16-17(3)4)23(26(33)28(31)34)25(32)27-18(5)29-19(6)37-27/h11-12,15,17,24,33H,8-10,13-14,16H2,1-7H3. The van der Waals surface area contributed by atoms with Gasteiger partial charge in [0.15, 0.2) is 17.3 Å². The van der Waals surface area contributed by atoms with E-state index in [2.05, 4.69) is 37.6 Å². The number of hydrogen-bond acceptors (Lipinski definition) is 8. The number of aliphatic hydroxyl groups is 1. The van der Waals surface area contributed by atoms with Gasteiger partial charge in [-0.1, -0.05) is 33.8 Å². The minimum atomic E-state index is -0.744. The van der Waals surface area contributed by atoms with Crippen molar-refractivity contribution in [2.75, 3.05) is 39.9 Å². The molecule has 2 heterocycles. The first-order valence-corrected chi connectivity index (χ1v) is 13.7. The molecule has 0 aliphatic carbocycles. The maximum absolute atomic E-state index is 13.7. The lowest BCUT2D eigenvalue weighted by molar-refractivity contribution is -0.129. The summed E-state index contributed by atoms with van der Waals surface area (Å²) in [6.45, 7) is 15.5. The van der Waals surface area contributed by atoms with Gasteiger partial charge in [0.2, 0.25) is 5.78 Å². The van der Waals surface area contributed by atoms with Crippen LogP contribution >= 0.6 is 11.3 Å². The van der Waals surface area contributed by atoms with Gasteiger partial charge in [-0.2, -0.15) is 0 Å². The van der Waals surface area contributed by atoms with E-state index in [0.717, 1.165) is 24.6 Å². The van der Waals surface area contributed by atoms with E-state index in [1.165, 1.54) is 11.3 Å². The van der Waals surface area contributed by atoms with Gasteiger partial charge in [-0.3, -0.25) is 9.59 Å². The van der Waals surface area contributed by atoms with Gasteiger partial charge >= 0.3 is 0 Å². The van der Waals surface area contributed by atoms with Crippen LogP contribution < -0.4 is 9.47 Å². The van der Waals surface area contributed by atoms with Gasteiger partial charge in [0.25, 0.3) is 5.91 Å². The van der Waals surface area contributed by atoms with Crippen molar-refractivity contribution in [3.63, 3.8) is 0 Å². The van der Waals surface area contributed by atoms with Crippen molar-refractivity contribution in [3.05, 3.63) is 50.7 Å². The summed E-state index contributed by atoms with van der Waals surface area (Å²) in [5, 5.41) is 11.8. The Morgan fingerprint density at radius 3 is 2.49 bits per heavy atom. The fourth-order valence-electron chi connectivity index (χ4n) is 4.56. The fraction of sp³-hybridized carbons (Fsp3) is 0.536. The smallest absolute Gasteiger partial charge is 0.290 e. The van der Waals surface area contributed by atoms with E-state index in [1.54, 1.807) is 31.1 Å². The quantitative estimate of drug-likeness (QED) is 0.360. The van der Waals surface area contributed by atoms with E-state index in [1.807, 2.05) is 13.0 Å². The Hall–Kier alpha value is -2.91. The number of amides is 1. The topological polar surface area (TPSA) is 92.2 Å². The molecule has 0 saturated heterocycles. The molecule has 1 aliphatic heterocycles. The second-order valence-electron chi connectivity index (χ2n) is 9.64. The molecule has 1 atom stereocenters. The maximum atomic E-state index is 13.7. The minimum absolute atomic E-state index is 0.0810. The van der Waals surface area contributed by atoms with Crippen LogP contribution in [0.5, 0.6) is 11.5 Å². The average molecular weight is 530 g/mol. The number of benzene rings is 1. The summed E-state index contributed by atoms with van der Waals surface area (Å²) in [4.78, 5) is 35.8. The average Bonchev–Trinajstić information content (AvgIpc) is 3.34. The van der Waals surface area contributed by atoms with Crippen molar-refractivity contribution in [1.82, 2.24) is 14.8 Å².